The summed E-state index contributed by atoms with van der Waals surface area (Å²) in [5.41, 5.74) is 1.80. The van der Waals surface area contributed by atoms with Crippen LogP contribution >= 0.6 is 11.6 Å². The lowest BCUT2D eigenvalue weighted by Crippen LogP contribution is -2.48. The number of carbonyl (C=O) groups excluding carboxylic acids is 1. The number of nitrogens with one attached hydrogen (secondary N) is 3. The molecule has 2 amide bonds. The van der Waals surface area contributed by atoms with E-state index in [0.717, 1.165) is 37.3 Å². The molecule has 8 heteroatoms. The highest BCUT2D eigenvalue weighted by molar-refractivity contribution is 6.30. The number of carbonyl (C=O) groups is 1. The first kappa shape index (κ1) is 23.0. The van der Waals surface area contributed by atoms with E-state index >= 15 is 0 Å². The molecular weight excluding hydrogens is 418 g/mol. The van der Waals surface area contributed by atoms with Gasteiger partial charge in [-0.05, 0) is 49.9 Å². The van der Waals surface area contributed by atoms with Gasteiger partial charge in [0.05, 0.1) is 27.0 Å². The van der Waals surface area contributed by atoms with Crippen molar-refractivity contribution in [3.63, 3.8) is 0 Å². The number of halogens is 1. The van der Waals surface area contributed by atoms with E-state index in [2.05, 4.69) is 16.0 Å². The van der Waals surface area contributed by atoms with Crippen LogP contribution in [0.25, 0.3) is 0 Å². The van der Waals surface area contributed by atoms with Gasteiger partial charge >= 0.3 is 6.03 Å². The summed E-state index contributed by atoms with van der Waals surface area (Å²) >= 11 is 5.94. The largest absolute Gasteiger partial charge is 0.493 e. The molecule has 2 aromatic carbocycles. The molecule has 0 heterocycles. The Morgan fingerprint density at radius 2 is 1.65 bits per heavy atom. The molecule has 3 rings (SSSR count). The lowest BCUT2D eigenvalue weighted by Gasteiger charge is -2.23. The van der Waals surface area contributed by atoms with Gasteiger partial charge in [0.1, 0.15) is 0 Å². The maximum Gasteiger partial charge on any atom is 0.319 e. The molecule has 2 aromatic rings. The summed E-state index contributed by atoms with van der Waals surface area (Å²) in [6.45, 7) is 0.846. The van der Waals surface area contributed by atoms with Crippen molar-refractivity contribution in [3.8, 4) is 17.2 Å². The molecule has 1 saturated carbocycles. The minimum absolute atomic E-state index is 0.0762. The van der Waals surface area contributed by atoms with E-state index in [1.54, 1.807) is 33.5 Å². The fourth-order valence-corrected chi connectivity index (χ4v) is 4.04. The van der Waals surface area contributed by atoms with Gasteiger partial charge in [-0.25, -0.2) is 4.79 Å². The van der Waals surface area contributed by atoms with Crippen LogP contribution in [0.4, 0.5) is 10.5 Å². The predicted octanol–water partition coefficient (Wildman–Crippen LogP) is 4.24. The molecule has 0 radical (unpaired) electrons. The van der Waals surface area contributed by atoms with E-state index in [-0.39, 0.29) is 18.1 Å². The maximum absolute atomic E-state index is 12.6. The van der Waals surface area contributed by atoms with Gasteiger partial charge in [-0.3, -0.25) is 0 Å². The summed E-state index contributed by atoms with van der Waals surface area (Å²) in [5, 5.41) is 10.3. The Morgan fingerprint density at radius 1 is 1.00 bits per heavy atom. The summed E-state index contributed by atoms with van der Waals surface area (Å²) in [4.78, 5) is 12.6. The molecule has 0 saturated heterocycles. The Bertz CT molecular complexity index is 851. The lowest BCUT2D eigenvalue weighted by molar-refractivity contribution is 0.246. The number of anilines is 1. The number of rotatable bonds is 9. The molecule has 0 bridgehead atoms. The Hall–Kier alpha value is -2.64. The van der Waals surface area contributed by atoms with Gasteiger partial charge in [0.15, 0.2) is 11.5 Å². The molecular formula is C23H30ClN3O4. The zero-order valence-corrected chi connectivity index (χ0v) is 18.9. The van der Waals surface area contributed by atoms with Crippen molar-refractivity contribution in [3.05, 3.63) is 47.0 Å². The standard InChI is InChI=1S/C23H30ClN3O4/c1-29-20-13-17(14-21(30-2)22(20)31-3)26-23(28)27-19-6-4-5-18(19)25-12-11-15-7-9-16(24)10-8-15/h7-10,13-14,18-19,25H,4-6,11-12H2,1-3H3,(H2,26,27,28)/t18-,19-/m1/s1. The fourth-order valence-electron chi connectivity index (χ4n) is 3.92. The van der Waals surface area contributed by atoms with Crippen LogP contribution in [0.3, 0.4) is 0 Å². The highest BCUT2D eigenvalue weighted by atomic mass is 35.5. The van der Waals surface area contributed by atoms with Crippen molar-refractivity contribution in [2.45, 2.75) is 37.8 Å². The van der Waals surface area contributed by atoms with E-state index in [1.807, 2.05) is 24.3 Å². The SMILES string of the molecule is COc1cc(NC(=O)N[C@@H]2CCC[C@H]2NCCc2ccc(Cl)cc2)cc(OC)c1OC. The summed E-state index contributed by atoms with van der Waals surface area (Å²) in [5.74, 6) is 1.45. The highest BCUT2D eigenvalue weighted by Gasteiger charge is 2.28. The minimum Gasteiger partial charge on any atom is -0.493 e. The van der Waals surface area contributed by atoms with Crippen LogP contribution in [0.2, 0.25) is 5.02 Å². The number of hydrogen-bond acceptors (Lipinski definition) is 5. The van der Waals surface area contributed by atoms with Crippen molar-refractivity contribution in [1.82, 2.24) is 10.6 Å². The van der Waals surface area contributed by atoms with Crippen LogP contribution in [0.15, 0.2) is 36.4 Å². The first-order valence-electron chi connectivity index (χ1n) is 10.4. The zero-order valence-electron chi connectivity index (χ0n) is 18.2. The third-order valence-electron chi connectivity index (χ3n) is 5.49. The van der Waals surface area contributed by atoms with Crippen LogP contribution in [0.5, 0.6) is 17.2 Å². The van der Waals surface area contributed by atoms with E-state index in [9.17, 15) is 4.79 Å². The van der Waals surface area contributed by atoms with Crippen molar-refractivity contribution in [1.29, 1.82) is 0 Å². The topological polar surface area (TPSA) is 80.9 Å². The molecule has 31 heavy (non-hydrogen) atoms. The van der Waals surface area contributed by atoms with Crippen molar-refractivity contribution < 1.29 is 19.0 Å². The molecule has 0 aromatic heterocycles. The number of methoxy groups -OCH3 is 3. The Labute approximate surface area is 188 Å². The van der Waals surface area contributed by atoms with Gasteiger partial charge in [-0.2, -0.15) is 0 Å². The van der Waals surface area contributed by atoms with E-state index in [4.69, 9.17) is 25.8 Å². The van der Waals surface area contributed by atoms with Gasteiger partial charge < -0.3 is 30.2 Å². The monoisotopic (exact) mass is 447 g/mol. The van der Waals surface area contributed by atoms with E-state index in [0.29, 0.717) is 22.9 Å². The molecule has 1 aliphatic rings. The minimum atomic E-state index is -0.259. The second-order valence-electron chi connectivity index (χ2n) is 7.49. The van der Waals surface area contributed by atoms with Gasteiger partial charge in [0.2, 0.25) is 5.75 Å². The average Bonchev–Trinajstić information content (AvgIpc) is 3.20. The zero-order chi connectivity index (χ0) is 22.2. The maximum atomic E-state index is 12.6. The molecule has 2 atom stereocenters. The smallest absolute Gasteiger partial charge is 0.319 e. The second kappa shape index (κ2) is 11.1. The summed E-state index contributed by atoms with van der Waals surface area (Å²) in [7, 11) is 4.63. The average molecular weight is 448 g/mol. The van der Waals surface area contributed by atoms with E-state index in [1.165, 1.54) is 5.56 Å². The first-order valence-corrected chi connectivity index (χ1v) is 10.8. The molecule has 0 aliphatic heterocycles. The van der Waals surface area contributed by atoms with Crippen LogP contribution < -0.4 is 30.2 Å². The summed E-state index contributed by atoms with van der Waals surface area (Å²) in [6.07, 6.45) is 3.97. The van der Waals surface area contributed by atoms with Crippen LogP contribution in [0, 0.1) is 0 Å². The number of hydrogen-bond donors (Lipinski definition) is 3. The molecule has 0 spiro atoms. The molecule has 0 unspecified atom stereocenters. The molecule has 1 aliphatic carbocycles. The van der Waals surface area contributed by atoms with Crippen molar-refractivity contribution in [2.75, 3.05) is 33.2 Å². The lowest BCUT2D eigenvalue weighted by atomic mass is 10.1. The molecule has 3 N–H and O–H groups in total. The van der Waals surface area contributed by atoms with Gasteiger partial charge in [0.25, 0.3) is 0 Å². The fraction of sp³-hybridized carbons (Fsp3) is 0.435. The molecule has 7 nitrogen and oxygen atoms in total. The van der Waals surface area contributed by atoms with Crippen LogP contribution in [-0.4, -0.2) is 46.0 Å². The number of amides is 2. The van der Waals surface area contributed by atoms with Crippen LogP contribution in [0.1, 0.15) is 24.8 Å². The summed E-state index contributed by atoms with van der Waals surface area (Å²) < 4.78 is 16.0. The number of urea groups is 1. The molecule has 1 fully saturated rings. The van der Waals surface area contributed by atoms with Crippen molar-refractivity contribution in [2.24, 2.45) is 0 Å². The van der Waals surface area contributed by atoms with Crippen molar-refractivity contribution >= 4 is 23.3 Å². The van der Waals surface area contributed by atoms with Gasteiger partial charge in [0, 0.05) is 29.2 Å². The second-order valence-corrected chi connectivity index (χ2v) is 7.92. The number of benzene rings is 2. The Kier molecular flexibility index (Phi) is 8.26. The number of ether oxygens (including phenoxy) is 3. The third-order valence-corrected chi connectivity index (χ3v) is 5.74. The Morgan fingerprint density at radius 3 is 2.26 bits per heavy atom. The Balaban J connectivity index is 1.54. The van der Waals surface area contributed by atoms with Crippen LogP contribution in [-0.2, 0) is 6.42 Å². The third kappa shape index (κ3) is 6.18. The highest BCUT2D eigenvalue weighted by Crippen LogP contribution is 2.39. The summed E-state index contributed by atoms with van der Waals surface area (Å²) in [6, 6.07) is 11.4. The normalized spacial score (nSPS) is 17.8. The first-order chi connectivity index (χ1) is 15.0. The van der Waals surface area contributed by atoms with E-state index < -0.39 is 0 Å². The van der Waals surface area contributed by atoms with Gasteiger partial charge in [-0.15, -0.1) is 0 Å². The van der Waals surface area contributed by atoms with Gasteiger partial charge in [-0.1, -0.05) is 23.7 Å². The molecule has 168 valence electrons. The quantitative estimate of drug-likeness (QED) is 0.535. The predicted molar refractivity (Wildman–Crippen MR) is 123 cm³/mol.